The summed E-state index contributed by atoms with van der Waals surface area (Å²) in [6.07, 6.45) is 5.29. The molecule has 1 atom stereocenters. The first-order chi connectivity index (χ1) is 12.4. The maximum Gasteiger partial charge on any atom is 0.266 e. The third kappa shape index (κ3) is 5.53. The lowest BCUT2D eigenvalue weighted by molar-refractivity contribution is -0.307. The standard InChI is InChI=1S/C18H18N2O4S2/c1-12(17(23)24)19-15(21)10-11-20-16(22)14(26-18(20)25)9-5-8-13-6-3-2-4-7-13/h2-9,12H,10-11H2,1H3,(H,19,21)(H,23,24)/p-1/b8-5+,14-9+/t12-/m0/s1. The predicted molar refractivity (Wildman–Crippen MR) is 103 cm³/mol. The van der Waals surface area contributed by atoms with Crippen LogP contribution in [0.4, 0.5) is 0 Å². The number of carbonyl (C=O) groups excluding carboxylic acids is 3. The van der Waals surface area contributed by atoms with Gasteiger partial charge in [-0.2, -0.15) is 0 Å². The molecule has 0 unspecified atom stereocenters. The molecular formula is C18H17N2O4S2-. The summed E-state index contributed by atoms with van der Waals surface area (Å²) in [6.45, 7) is 1.41. The van der Waals surface area contributed by atoms with Crippen LogP contribution in [0.3, 0.4) is 0 Å². The molecule has 26 heavy (non-hydrogen) atoms. The van der Waals surface area contributed by atoms with E-state index in [1.165, 1.54) is 23.6 Å². The van der Waals surface area contributed by atoms with Crippen LogP contribution in [0.15, 0.2) is 47.4 Å². The van der Waals surface area contributed by atoms with E-state index in [0.29, 0.717) is 9.23 Å². The minimum atomic E-state index is -1.36. The van der Waals surface area contributed by atoms with E-state index in [1.54, 1.807) is 12.2 Å². The maximum absolute atomic E-state index is 12.4. The first-order valence-electron chi connectivity index (χ1n) is 7.86. The lowest BCUT2D eigenvalue weighted by atomic mass is 10.2. The van der Waals surface area contributed by atoms with Crippen molar-refractivity contribution in [1.82, 2.24) is 10.2 Å². The van der Waals surface area contributed by atoms with Crippen LogP contribution in [-0.2, 0) is 14.4 Å². The van der Waals surface area contributed by atoms with E-state index in [0.717, 1.165) is 5.56 Å². The molecule has 1 aliphatic heterocycles. The number of hydrogen-bond donors (Lipinski definition) is 1. The Morgan fingerprint density at radius 3 is 2.69 bits per heavy atom. The van der Waals surface area contributed by atoms with E-state index in [4.69, 9.17) is 12.2 Å². The van der Waals surface area contributed by atoms with Crippen LogP contribution in [0.1, 0.15) is 18.9 Å². The van der Waals surface area contributed by atoms with Crippen molar-refractivity contribution in [3.8, 4) is 0 Å². The highest BCUT2D eigenvalue weighted by atomic mass is 32.2. The van der Waals surface area contributed by atoms with Gasteiger partial charge >= 0.3 is 0 Å². The highest BCUT2D eigenvalue weighted by Crippen LogP contribution is 2.31. The van der Waals surface area contributed by atoms with Crippen LogP contribution < -0.4 is 10.4 Å². The number of amides is 2. The zero-order valence-corrected chi connectivity index (χ0v) is 15.6. The molecule has 1 aromatic carbocycles. The second kappa shape index (κ2) is 9.30. The zero-order valence-electron chi connectivity index (χ0n) is 14.0. The topological polar surface area (TPSA) is 89.5 Å². The molecule has 1 saturated heterocycles. The fourth-order valence-corrected chi connectivity index (χ4v) is 3.36. The molecule has 1 heterocycles. The molecule has 2 amide bonds. The molecule has 1 aliphatic rings. The van der Waals surface area contributed by atoms with Gasteiger partial charge in [-0.15, -0.1) is 0 Å². The molecule has 1 aromatic rings. The van der Waals surface area contributed by atoms with E-state index < -0.39 is 17.9 Å². The molecule has 6 nitrogen and oxygen atoms in total. The summed E-state index contributed by atoms with van der Waals surface area (Å²) in [5.41, 5.74) is 1.01. The van der Waals surface area contributed by atoms with Gasteiger partial charge in [-0.05, 0) is 18.6 Å². The van der Waals surface area contributed by atoms with Gasteiger partial charge in [0, 0.05) is 13.0 Å². The zero-order chi connectivity index (χ0) is 19.1. The van der Waals surface area contributed by atoms with E-state index in [1.807, 2.05) is 36.4 Å². The second-order valence-corrected chi connectivity index (χ2v) is 7.16. The molecule has 8 heteroatoms. The van der Waals surface area contributed by atoms with E-state index in [9.17, 15) is 19.5 Å². The maximum atomic E-state index is 12.4. The van der Waals surface area contributed by atoms with Crippen LogP contribution >= 0.6 is 24.0 Å². The quantitative estimate of drug-likeness (QED) is 0.555. The van der Waals surface area contributed by atoms with E-state index in [-0.39, 0.29) is 18.9 Å². The summed E-state index contributed by atoms with van der Waals surface area (Å²) in [5, 5.41) is 12.9. The summed E-state index contributed by atoms with van der Waals surface area (Å²) in [7, 11) is 0. The van der Waals surface area contributed by atoms with Crippen LogP contribution in [0.5, 0.6) is 0 Å². The Bertz CT molecular complexity index is 775. The number of benzene rings is 1. The molecule has 0 aliphatic carbocycles. The highest BCUT2D eigenvalue weighted by molar-refractivity contribution is 8.26. The van der Waals surface area contributed by atoms with Gasteiger partial charge in [-0.1, -0.05) is 66.5 Å². The number of carboxylic acid groups (broad SMARTS) is 1. The van der Waals surface area contributed by atoms with Crippen molar-refractivity contribution in [2.24, 2.45) is 0 Å². The molecule has 136 valence electrons. The van der Waals surface area contributed by atoms with Crippen molar-refractivity contribution >= 4 is 52.2 Å². The summed E-state index contributed by atoms with van der Waals surface area (Å²) < 4.78 is 0.370. The summed E-state index contributed by atoms with van der Waals surface area (Å²) in [6, 6.07) is 8.57. The number of aliphatic carboxylic acids is 1. The number of allylic oxidation sites excluding steroid dienone is 2. The molecule has 0 saturated carbocycles. The smallest absolute Gasteiger partial charge is 0.266 e. The monoisotopic (exact) mass is 389 g/mol. The van der Waals surface area contributed by atoms with Gasteiger partial charge in [0.1, 0.15) is 4.32 Å². The third-order valence-electron chi connectivity index (χ3n) is 3.50. The molecular weight excluding hydrogens is 372 g/mol. The predicted octanol–water partition coefficient (Wildman–Crippen LogP) is 1.09. The number of carbonyl (C=O) groups is 3. The van der Waals surface area contributed by atoms with Gasteiger partial charge in [0.25, 0.3) is 5.91 Å². The van der Waals surface area contributed by atoms with Gasteiger partial charge in [0.05, 0.1) is 16.9 Å². The Balaban J connectivity index is 1.92. The van der Waals surface area contributed by atoms with Gasteiger partial charge in [-0.25, -0.2) is 0 Å². The number of carboxylic acids is 1. The van der Waals surface area contributed by atoms with Crippen molar-refractivity contribution < 1.29 is 19.5 Å². The normalized spacial score (nSPS) is 17.1. The largest absolute Gasteiger partial charge is 0.548 e. The number of rotatable bonds is 7. The Morgan fingerprint density at radius 1 is 1.35 bits per heavy atom. The Hall–Kier alpha value is -2.45. The molecule has 0 radical (unpaired) electrons. The summed E-state index contributed by atoms with van der Waals surface area (Å²) in [5.74, 6) is -2.11. The molecule has 2 rings (SSSR count). The SMILES string of the molecule is C[C@H](NC(=O)CCN1C(=O)/C(=C\C=C\c2ccccc2)SC1=S)C(=O)[O-]. The first kappa shape index (κ1) is 19.9. The van der Waals surface area contributed by atoms with Gasteiger partial charge in [0.15, 0.2) is 0 Å². The fraction of sp³-hybridized carbons (Fsp3) is 0.222. The average molecular weight is 389 g/mol. The van der Waals surface area contributed by atoms with Crippen molar-refractivity contribution in [3.05, 3.63) is 53.0 Å². The van der Waals surface area contributed by atoms with Crippen LogP contribution in [0.25, 0.3) is 6.08 Å². The van der Waals surface area contributed by atoms with Gasteiger partial charge in [0.2, 0.25) is 5.91 Å². The van der Waals surface area contributed by atoms with E-state index >= 15 is 0 Å². The molecule has 0 spiro atoms. The van der Waals surface area contributed by atoms with Crippen molar-refractivity contribution in [2.45, 2.75) is 19.4 Å². The van der Waals surface area contributed by atoms with Crippen molar-refractivity contribution in [1.29, 1.82) is 0 Å². The fourth-order valence-electron chi connectivity index (χ4n) is 2.10. The second-order valence-electron chi connectivity index (χ2n) is 5.48. The summed E-state index contributed by atoms with van der Waals surface area (Å²) >= 11 is 6.36. The molecule has 1 fully saturated rings. The molecule has 1 N–H and O–H groups in total. The van der Waals surface area contributed by atoms with Gasteiger partial charge in [-0.3, -0.25) is 14.5 Å². The van der Waals surface area contributed by atoms with Crippen molar-refractivity contribution in [2.75, 3.05) is 6.54 Å². The average Bonchev–Trinajstić information content (AvgIpc) is 2.87. The minimum absolute atomic E-state index is 0.0444. The van der Waals surface area contributed by atoms with Crippen LogP contribution in [0, 0.1) is 0 Å². The highest BCUT2D eigenvalue weighted by Gasteiger charge is 2.31. The number of nitrogens with zero attached hydrogens (tertiary/aromatic N) is 1. The number of nitrogens with one attached hydrogen (secondary N) is 1. The molecule has 0 aromatic heterocycles. The summed E-state index contributed by atoms with van der Waals surface area (Å²) in [4.78, 5) is 36.5. The number of thioether (sulfide) groups is 1. The lowest BCUT2D eigenvalue weighted by Crippen LogP contribution is -2.46. The lowest BCUT2D eigenvalue weighted by Gasteiger charge is -2.17. The van der Waals surface area contributed by atoms with Crippen LogP contribution in [-0.4, -0.2) is 39.6 Å². The number of hydrogen-bond acceptors (Lipinski definition) is 6. The Labute approximate surface area is 160 Å². The number of thiocarbonyl (C=S) groups is 1. The van der Waals surface area contributed by atoms with Crippen LogP contribution in [0.2, 0.25) is 0 Å². The first-order valence-corrected chi connectivity index (χ1v) is 9.08. The molecule has 0 bridgehead atoms. The van der Waals surface area contributed by atoms with E-state index in [2.05, 4.69) is 5.32 Å². The third-order valence-corrected chi connectivity index (χ3v) is 4.90. The Kier molecular flexibility index (Phi) is 7.11. The van der Waals surface area contributed by atoms with Gasteiger partial charge < -0.3 is 15.2 Å². The van der Waals surface area contributed by atoms with Crippen molar-refractivity contribution in [3.63, 3.8) is 0 Å². The Morgan fingerprint density at radius 2 is 2.04 bits per heavy atom. The minimum Gasteiger partial charge on any atom is -0.548 e.